The molecule has 1 saturated heterocycles. The van der Waals surface area contributed by atoms with Gasteiger partial charge >= 0.3 is 0 Å². The summed E-state index contributed by atoms with van der Waals surface area (Å²) in [6, 6.07) is 8.10. The summed E-state index contributed by atoms with van der Waals surface area (Å²) in [7, 11) is 0. The van der Waals surface area contributed by atoms with E-state index in [1.165, 1.54) is 18.4 Å². The second-order valence-corrected chi connectivity index (χ2v) is 5.61. The van der Waals surface area contributed by atoms with Gasteiger partial charge in [0.05, 0.1) is 5.75 Å². The molecule has 4 heteroatoms. The molecule has 0 saturated carbocycles. The molecule has 0 aliphatic carbocycles. The molecule has 1 aromatic rings. The Kier molecular flexibility index (Phi) is 4.71. The SMILES string of the molecule is O=S(O)Cc1ccc(CC2CCNCC2)cc1. The molecule has 1 heterocycles. The summed E-state index contributed by atoms with van der Waals surface area (Å²) >= 11 is -1.74. The molecule has 2 rings (SSSR count). The lowest BCUT2D eigenvalue weighted by Gasteiger charge is -2.22. The van der Waals surface area contributed by atoms with Crippen molar-refractivity contribution in [2.45, 2.75) is 25.0 Å². The maximum Gasteiger partial charge on any atom is 0.157 e. The fourth-order valence-electron chi connectivity index (χ4n) is 2.33. The van der Waals surface area contributed by atoms with Gasteiger partial charge in [0.1, 0.15) is 0 Å². The van der Waals surface area contributed by atoms with Gasteiger partial charge in [-0.25, -0.2) is 4.21 Å². The highest BCUT2D eigenvalue weighted by atomic mass is 32.2. The third kappa shape index (κ3) is 4.22. The minimum atomic E-state index is -1.74. The number of nitrogens with one attached hydrogen (secondary N) is 1. The van der Waals surface area contributed by atoms with Crippen LogP contribution in [0.5, 0.6) is 0 Å². The van der Waals surface area contributed by atoms with Crippen LogP contribution in [0.15, 0.2) is 24.3 Å². The predicted octanol–water partition coefficient (Wildman–Crippen LogP) is 1.95. The third-order valence-electron chi connectivity index (χ3n) is 3.30. The number of rotatable bonds is 4. The number of hydrogen-bond donors (Lipinski definition) is 2. The zero-order valence-corrected chi connectivity index (χ0v) is 10.7. The lowest BCUT2D eigenvalue weighted by atomic mass is 9.91. The molecular formula is C13H19NO2S. The lowest BCUT2D eigenvalue weighted by molar-refractivity contribution is 0.372. The Morgan fingerprint density at radius 3 is 2.35 bits per heavy atom. The molecular weight excluding hydrogens is 234 g/mol. The number of hydrogen-bond acceptors (Lipinski definition) is 2. The van der Waals surface area contributed by atoms with Gasteiger partial charge in [0.25, 0.3) is 0 Å². The van der Waals surface area contributed by atoms with Gasteiger partial charge in [0.15, 0.2) is 11.1 Å². The van der Waals surface area contributed by atoms with Gasteiger partial charge in [-0.1, -0.05) is 24.3 Å². The summed E-state index contributed by atoms with van der Waals surface area (Å²) in [5.74, 6) is 1.02. The van der Waals surface area contributed by atoms with Crippen molar-refractivity contribution in [3.05, 3.63) is 35.4 Å². The molecule has 1 atom stereocenters. The van der Waals surface area contributed by atoms with Crippen LogP contribution < -0.4 is 5.32 Å². The van der Waals surface area contributed by atoms with E-state index in [2.05, 4.69) is 17.4 Å². The summed E-state index contributed by atoms with van der Waals surface area (Å²) in [5.41, 5.74) is 2.27. The normalized spacial score (nSPS) is 19.1. The van der Waals surface area contributed by atoms with Crippen LogP contribution in [0.3, 0.4) is 0 Å². The van der Waals surface area contributed by atoms with E-state index in [9.17, 15) is 4.21 Å². The van der Waals surface area contributed by atoms with Gasteiger partial charge in [-0.2, -0.15) is 0 Å². The van der Waals surface area contributed by atoms with Crippen molar-refractivity contribution >= 4 is 11.1 Å². The molecule has 0 aromatic heterocycles. The van der Waals surface area contributed by atoms with Gasteiger partial charge in [-0.3, -0.25) is 0 Å². The van der Waals surface area contributed by atoms with Gasteiger partial charge in [-0.15, -0.1) is 0 Å². The van der Waals surface area contributed by atoms with Crippen molar-refractivity contribution in [2.75, 3.05) is 13.1 Å². The Balaban J connectivity index is 1.90. The van der Waals surface area contributed by atoms with Crippen molar-refractivity contribution in [2.24, 2.45) is 5.92 Å². The Bertz CT molecular complexity index is 372. The first kappa shape index (κ1) is 12.7. The van der Waals surface area contributed by atoms with Crippen molar-refractivity contribution in [1.82, 2.24) is 5.32 Å². The highest BCUT2D eigenvalue weighted by Crippen LogP contribution is 2.18. The standard InChI is InChI=1S/C13H19NO2S/c15-17(16)10-13-3-1-11(2-4-13)9-12-5-7-14-8-6-12/h1-4,12,14H,5-10H2,(H,15,16). The molecule has 0 spiro atoms. The highest BCUT2D eigenvalue weighted by molar-refractivity contribution is 7.78. The topological polar surface area (TPSA) is 49.3 Å². The predicted molar refractivity (Wildman–Crippen MR) is 70.2 cm³/mol. The zero-order valence-electron chi connectivity index (χ0n) is 9.89. The second kappa shape index (κ2) is 6.28. The maximum atomic E-state index is 10.7. The fraction of sp³-hybridized carbons (Fsp3) is 0.538. The average molecular weight is 253 g/mol. The van der Waals surface area contributed by atoms with Crippen LogP contribution in [0.4, 0.5) is 0 Å². The van der Waals surface area contributed by atoms with Crippen LogP contribution in [0.1, 0.15) is 24.0 Å². The first-order valence-electron chi connectivity index (χ1n) is 6.10. The number of piperidine rings is 1. The van der Waals surface area contributed by atoms with Gasteiger partial charge in [0.2, 0.25) is 0 Å². The molecule has 1 aliphatic heterocycles. The van der Waals surface area contributed by atoms with E-state index >= 15 is 0 Å². The quantitative estimate of drug-likeness (QED) is 0.806. The molecule has 1 unspecified atom stereocenters. The van der Waals surface area contributed by atoms with Crippen LogP contribution in [0.25, 0.3) is 0 Å². The minimum absolute atomic E-state index is 0.230. The fourth-order valence-corrected chi connectivity index (χ4v) is 2.81. The summed E-state index contributed by atoms with van der Waals surface area (Å²) in [6.45, 7) is 2.26. The smallest absolute Gasteiger partial charge is 0.157 e. The zero-order chi connectivity index (χ0) is 12.1. The summed E-state index contributed by atoms with van der Waals surface area (Å²) < 4.78 is 19.5. The van der Waals surface area contributed by atoms with E-state index in [4.69, 9.17) is 4.55 Å². The molecule has 17 heavy (non-hydrogen) atoms. The highest BCUT2D eigenvalue weighted by Gasteiger charge is 2.13. The van der Waals surface area contributed by atoms with Gasteiger partial charge in [0, 0.05) is 0 Å². The van der Waals surface area contributed by atoms with E-state index in [1.54, 1.807) is 0 Å². The molecule has 0 bridgehead atoms. The van der Waals surface area contributed by atoms with Crippen LogP contribution in [-0.2, 0) is 23.3 Å². The van der Waals surface area contributed by atoms with Crippen LogP contribution in [0, 0.1) is 5.92 Å². The van der Waals surface area contributed by atoms with E-state index in [-0.39, 0.29) is 5.75 Å². The second-order valence-electron chi connectivity index (χ2n) is 4.68. The Hall–Kier alpha value is -0.710. The van der Waals surface area contributed by atoms with Crippen LogP contribution >= 0.6 is 0 Å². The van der Waals surface area contributed by atoms with Crippen molar-refractivity contribution in [3.63, 3.8) is 0 Å². The van der Waals surface area contributed by atoms with E-state index in [1.807, 2.05) is 12.1 Å². The molecule has 1 aromatic carbocycles. The summed E-state index contributed by atoms with van der Waals surface area (Å²) in [5, 5.41) is 3.37. The average Bonchev–Trinajstić information content (AvgIpc) is 2.32. The van der Waals surface area contributed by atoms with Crippen LogP contribution in [0.2, 0.25) is 0 Å². The summed E-state index contributed by atoms with van der Waals surface area (Å²) in [6.07, 6.45) is 3.63. The van der Waals surface area contributed by atoms with Crippen molar-refractivity contribution in [1.29, 1.82) is 0 Å². The largest absolute Gasteiger partial charge is 0.317 e. The molecule has 1 fully saturated rings. The lowest BCUT2D eigenvalue weighted by Crippen LogP contribution is -2.28. The van der Waals surface area contributed by atoms with Crippen LogP contribution in [-0.4, -0.2) is 21.9 Å². The third-order valence-corrected chi connectivity index (χ3v) is 3.88. The maximum absolute atomic E-state index is 10.7. The van der Waals surface area contributed by atoms with E-state index in [0.717, 1.165) is 31.0 Å². The summed E-state index contributed by atoms with van der Waals surface area (Å²) in [4.78, 5) is 0. The molecule has 2 N–H and O–H groups in total. The first-order chi connectivity index (χ1) is 8.24. The number of benzene rings is 1. The van der Waals surface area contributed by atoms with E-state index in [0.29, 0.717) is 0 Å². The molecule has 0 amide bonds. The molecule has 94 valence electrons. The Morgan fingerprint density at radius 1 is 1.18 bits per heavy atom. The van der Waals surface area contributed by atoms with Gasteiger partial charge < -0.3 is 9.87 Å². The van der Waals surface area contributed by atoms with E-state index < -0.39 is 11.1 Å². The van der Waals surface area contributed by atoms with Crippen molar-refractivity contribution in [3.8, 4) is 0 Å². The minimum Gasteiger partial charge on any atom is -0.317 e. The Morgan fingerprint density at radius 2 is 1.76 bits per heavy atom. The first-order valence-corrected chi connectivity index (χ1v) is 7.37. The van der Waals surface area contributed by atoms with Gasteiger partial charge in [-0.05, 0) is 49.4 Å². The molecule has 3 nitrogen and oxygen atoms in total. The molecule has 1 aliphatic rings. The Labute approximate surface area is 105 Å². The molecule has 0 radical (unpaired) electrons. The monoisotopic (exact) mass is 253 g/mol. The van der Waals surface area contributed by atoms with Crippen molar-refractivity contribution < 1.29 is 8.76 Å².